The van der Waals surface area contributed by atoms with E-state index in [2.05, 4.69) is 15.5 Å². The lowest BCUT2D eigenvalue weighted by molar-refractivity contribution is 0.624. The van der Waals surface area contributed by atoms with Crippen LogP contribution in [-0.2, 0) is 13.0 Å². The van der Waals surface area contributed by atoms with E-state index < -0.39 is 5.82 Å². The van der Waals surface area contributed by atoms with Crippen molar-refractivity contribution in [1.29, 1.82) is 5.26 Å². The summed E-state index contributed by atoms with van der Waals surface area (Å²) in [5.74, 6) is -0.499. The smallest absolute Gasteiger partial charge is 0.141 e. The number of benzene rings is 1. The second kappa shape index (κ2) is 4.24. The van der Waals surface area contributed by atoms with Crippen molar-refractivity contribution in [2.75, 3.05) is 6.54 Å². The molecule has 0 spiro atoms. The van der Waals surface area contributed by atoms with Crippen LogP contribution in [0.15, 0.2) is 18.2 Å². The quantitative estimate of drug-likeness (QED) is 0.800. The van der Waals surface area contributed by atoms with E-state index in [-0.39, 0.29) is 5.56 Å². The number of hydrogen-bond acceptors (Lipinski definition) is 3. The van der Waals surface area contributed by atoms with Gasteiger partial charge in [0.1, 0.15) is 11.9 Å². The molecule has 1 aromatic carbocycles. The fourth-order valence-electron chi connectivity index (χ4n) is 2.24. The van der Waals surface area contributed by atoms with Crippen molar-refractivity contribution >= 4 is 0 Å². The van der Waals surface area contributed by atoms with Crippen LogP contribution >= 0.6 is 0 Å². The highest BCUT2D eigenvalue weighted by atomic mass is 19.1. The van der Waals surface area contributed by atoms with Gasteiger partial charge in [-0.2, -0.15) is 10.4 Å². The molecule has 0 radical (unpaired) electrons. The van der Waals surface area contributed by atoms with Crippen LogP contribution in [0.25, 0.3) is 11.3 Å². The average Bonchev–Trinajstić information content (AvgIpc) is 2.82. The van der Waals surface area contributed by atoms with Crippen molar-refractivity contribution in [1.82, 2.24) is 15.5 Å². The van der Waals surface area contributed by atoms with Gasteiger partial charge in [0.15, 0.2) is 0 Å². The van der Waals surface area contributed by atoms with Crippen molar-refractivity contribution in [3.05, 3.63) is 40.8 Å². The van der Waals surface area contributed by atoms with Crippen LogP contribution in [0.5, 0.6) is 0 Å². The molecule has 5 heteroatoms. The highest BCUT2D eigenvalue weighted by Gasteiger charge is 2.18. The highest BCUT2D eigenvalue weighted by Crippen LogP contribution is 2.27. The van der Waals surface area contributed by atoms with Crippen LogP contribution < -0.4 is 5.32 Å². The van der Waals surface area contributed by atoms with Gasteiger partial charge in [0.05, 0.1) is 17.0 Å². The maximum atomic E-state index is 13.6. The third kappa shape index (κ3) is 1.67. The molecule has 0 bridgehead atoms. The fraction of sp³-hybridized carbons (Fsp3) is 0.231. The molecule has 0 aliphatic carbocycles. The molecule has 0 amide bonds. The van der Waals surface area contributed by atoms with Gasteiger partial charge in [-0.1, -0.05) is 6.07 Å². The van der Waals surface area contributed by atoms with Crippen LogP contribution in [0, 0.1) is 17.1 Å². The van der Waals surface area contributed by atoms with Crippen molar-refractivity contribution in [2.24, 2.45) is 0 Å². The van der Waals surface area contributed by atoms with Crippen LogP contribution in [0.3, 0.4) is 0 Å². The topological polar surface area (TPSA) is 64.5 Å². The third-order valence-electron chi connectivity index (χ3n) is 3.17. The van der Waals surface area contributed by atoms with Crippen molar-refractivity contribution in [2.45, 2.75) is 13.0 Å². The molecule has 2 N–H and O–H groups in total. The first-order valence-electron chi connectivity index (χ1n) is 5.76. The second-order valence-corrected chi connectivity index (χ2v) is 4.26. The van der Waals surface area contributed by atoms with Crippen LogP contribution in [0.1, 0.15) is 16.8 Å². The predicted octanol–water partition coefficient (Wildman–Crippen LogP) is 1.73. The van der Waals surface area contributed by atoms with E-state index in [1.54, 1.807) is 6.07 Å². The Morgan fingerprint density at radius 1 is 1.39 bits per heavy atom. The highest BCUT2D eigenvalue weighted by molar-refractivity contribution is 5.65. The number of nitrogens with one attached hydrogen (secondary N) is 2. The SMILES string of the molecule is N#Cc1ccc(-c2n[nH]c3c2CCNC3)cc1F. The summed E-state index contributed by atoms with van der Waals surface area (Å²) in [6.07, 6.45) is 0.878. The Morgan fingerprint density at radius 2 is 2.28 bits per heavy atom. The summed E-state index contributed by atoms with van der Waals surface area (Å²) in [5.41, 5.74) is 3.75. The lowest BCUT2D eigenvalue weighted by atomic mass is 10.00. The lowest BCUT2D eigenvalue weighted by Crippen LogP contribution is -2.23. The number of aromatic nitrogens is 2. The zero-order valence-electron chi connectivity index (χ0n) is 9.63. The average molecular weight is 242 g/mol. The monoisotopic (exact) mass is 242 g/mol. The first-order valence-corrected chi connectivity index (χ1v) is 5.76. The number of nitrogens with zero attached hydrogens (tertiary/aromatic N) is 2. The van der Waals surface area contributed by atoms with Gasteiger partial charge in [-0.3, -0.25) is 5.10 Å². The van der Waals surface area contributed by atoms with E-state index in [4.69, 9.17) is 5.26 Å². The zero-order chi connectivity index (χ0) is 12.5. The molecule has 0 saturated heterocycles. The molecule has 0 saturated carbocycles. The summed E-state index contributed by atoms with van der Waals surface area (Å²) in [5, 5.41) is 19.2. The molecule has 18 heavy (non-hydrogen) atoms. The number of aromatic amines is 1. The standard InChI is InChI=1S/C13H11FN4/c14-11-5-8(1-2-9(11)6-15)13-10-3-4-16-7-12(10)17-18-13/h1-2,5,16H,3-4,7H2,(H,17,18). The van der Waals surface area contributed by atoms with Crippen LogP contribution in [-0.4, -0.2) is 16.7 Å². The maximum Gasteiger partial charge on any atom is 0.141 e. The molecular weight excluding hydrogens is 231 g/mol. The van der Waals surface area contributed by atoms with Gasteiger partial charge < -0.3 is 5.32 Å². The molecular formula is C13H11FN4. The van der Waals surface area contributed by atoms with Crippen LogP contribution in [0.2, 0.25) is 0 Å². The lowest BCUT2D eigenvalue weighted by Gasteiger charge is -2.12. The van der Waals surface area contributed by atoms with Crippen LogP contribution in [0.4, 0.5) is 4.39 Å². The van der Waals surface area contributed by atoms with E-state index in [1.165, 1.54) is 12.1 Å². The fourth-order valence-corrected chi connectivity index (χ4v) is 2.24. The van der Waals surface area contributed by atoms with E-state index in [0.29, 0.717) is 5.56 Å². The summed E-state index contributed by atoms with van der Waals surface area (Å²) >= 11 is 0. The Balaban J connectivity index is 2.08. The third-order valence-corrected chi connectivity index (χ3v) is 3.17. The number of hydrogen-bond donors (Lipinski definition) is 2. The van der Waals surface area contributed by atoms with E-state index in [0.717, 1.165) is 36.5 Å². The van der Waals surface area contributed by atoms with Gasteiger partial charge >= 0.3 is 0 Å². The number of rotatable bonds is 1. The molecule has 1 aliphatic heterocycles. The van der Waals surface area contributed by atoms with Gasteiger partial charge in [-0.25, -0.2) is 4.39 Å². The van der Waals surface area contributed by atoms with E-state index in [9.17, 15) is 4.39 Å². The molecule has 1 aliphatic rings. The summed E-state index contributed by atoms with van der Waals surface area (Å²) in [7, 11) is 0. The predicted molar refractivity (Wildman–Crippen MR) is 64.1 cm³/mol. The number of halogens is 1. The molecule has 0 atom stereocenters. The Labute approximate surface area is 103 Å². The Kier molecular flexibility index (Phi) is 2.58. The normalized spacial score (nSPS) is 14.0. The van der Waals surface area contributed by atoms with Crippen molar-refractivity contribution in [3.8, 4) is 17.3 Å². The molecule has 1 aromatic heterocycles. The maximum absolute atomic E-state index is 13.6. The second-order valence-electron chi connectivity index (χ2n) is 4.26. The van der Waals surface area contributed by atoms with Gasteiger partial charge in [0.2, 0.25) is 0 Å². The molecule has 0 unspecified atom stereocenters. The zero-order valence-corrected chi connectivity index (χ0v) is 9.63. The van der Waals surface area contributed by atoms with E-state index in [1.807, 2.05) is 6.07 Å². The number of fused-ring (bicyclic) bond motifs is 1. The summed E-state index contributed by atoms with van der Waals surface area (Å²) in [6, 6.07) is 6.42. The minimum Gasteiger partial charge on any atom is -0.311 e. The molecule has 90 valence electrons. The number of nitriles is 1. The first-order chi connectivity index (χ1) is 8.79. The molecule has 0 fully saturated rings. The van der Waals surface area contributed by atoms with Crippen molar-refractivity contribution in [3.63, 3.8) is 0 Å². The van der Waals surface area contributed by atoms with Gasteiger partial charge in [0.25, 0.3) is 0 Å². The summed E-state index contributed by atoms with van der Waals surface area (Å²) in [4.78, 5) is 0. The first kappa shape index (κ1) is 10.9. The van der Waals surface area contributed by atoms with Gasteiger partial charge in [-0.15, -0.1) is 0 Å². The minimum atomic E-state index is -0.499. The van der Waals surface area contributed by atoms with E-state index >= 15 is 0 Å². The van der Waals surface area contributed by atoms with Gasteiger partial charge in [0, 0.05) is 17.7 Å². The molecule has 4 nitrogen and oxygen atoms in total. The molecule has 2 heterocycles. The summed E-state index contributed by atoms with van der Waals surface area (Å²) in [6.45, 7) is 1.67. The largest absolute Gasteiger partial charge is 0.311 e. The minimum absolute atomic E-state index is 0.0600. The molecule has 2 aromatic rings. The Hall–Kier alpha value is -2.19. The summed E-state index contributed by atoms with van der Waals surface area (Å²) < 4.78 is 13.6. The Bertz CT molecular complexity index is 639. The molecule has 3 rings (SSSR count). The van der Waals surface area contributed by atoms with Gasteiger partial charge in [-0.05, 0) is 25.1 Å². The Morgan fingerprint density at radius 3 is 3.06 bits per heavy atom. The van der Waals surface area contributed by atoms with Crippen molar-refractivity contribution < 1.29 is 4.39 Å². The number of H-pyrrole nitrogens is 1.